The van der Waals surface area contributed by atoms with E-state index in [4.69, 9.17) is 4.52 Å². The minimum Gasteiger partial charge on any atom is -0.361 e. The molecule has 5 nitrogen and oxygen atoms in total. The van der Waals surface area contributed by atoms with Gasteiger partial charge in [0.05, 0.1) is 0 Å². The zero-order valence-electron chi connectivity index (χ0n) is 9.21. The number of rotatable bonds is 2. The first kappa shape index (κ1) is 9.77. The highest BCUT2D eigenvalue weighted by atomic mass is 16.5. The number of H-pyrrole nitrogens is 1. The van der Waals surface area contributed by atoms with E-state index in [0.29, 0.717) is 17.3 Å². The molecule has 5 heteroatoms. The molecule has 0 unspecified atom stereocenters. The van der Waals surface area contributed by atoms with Crippen LogP contribution in [0, 0.1) is 6.92 Å². The standard InChI is InChI=1S/C12H10N4O/c1-8-7-10(16-17-8)12-13-11(14-15-12)9-5-3-2-4-6-9/h2-7H,1H3,(H,13,14,15). The lowest BCUT2D eigenvalue weighted by Crippen LogP contribution is -1.80. The number of nitrogens with zero attached hydrogens (tertiary/aromatic N) is 3. The van der Waals surface area contributed by atoms with Crippen molar-refractivity contribution in [2.24, 2.45) is 0 Å². The predicted octanol–water partition coefficient (Wildman–Crippen LogP) is 2.44. The number of hydrogen-bond donors (Lipinski definition) is 1. The molecule has 1 N–H and O–H groups in total. The highest BCUT2D eigenvalue weighted by Gasteiger charge is 2.10. The monoisotopic (exact) mass is 226 g/mol. The number of aromatic nitrogens is 4. The van der Waals surface area contributed by atoms with Crippen molar-refractivity contribution in [1.82, 2.24) is 20.3 Å². The molecule has 0 radical (unpaired) electrons. The molecule has 0 atom stereocenters. The molecule has 0 aliphatic carbocycles. The van der Waals surface area contributed by atoms with E-state index in [1.807, 2.05) is 43.3 Å². The van der Waals surface area contributed by atoms with Gasteiger partial charge in [-0.05, 0) is 6.92 Å². The summed E-state index contributed by atoms with van der Waals surface area (Å²) in [5, 5.41) is 10.9. The van der Waals surface area contributed by atoms with E-state index in [1.165, 1.54) is 0 Å². The van der Waals surface area contributed by atoms with Crippen LogP contribution in [-0.4, -0.2) is 20.3 Å². The Bertz CT molecular complexity index is 627. The molecule has 0 saturated carbocycles. The van der Waals surface area contributed by atoms with E-state index in [2.05, 4.69) is 20.3 Å². The maximum Gasteiger partial charge on any atom is 0.181 e. The highest BCUT2D eigenvalue weighted by molar-refractivity contribution is 5.58. The van der Waals surface area contributed by atoms with E-state index in [0.717, 1.165) is 11.3 Å². The van der Waals surface area contributed by atoms with Crippen molar-refractivity contribution >= 4 is 0 Å². The summed E-state index contributed by atoms with van der Waals surface area (Å²) in [4.78, 5) is 4.37. The molecule has 2 aromatic heterocycles. The molecule has 0 bridgehead atoms. The Hall–Kier alpha value is -2.43. The maximum absolute atomic E-state index is 5.00. The number of hydrogen-bond acceptors (Lipinski definition) is 4. The molecule has 0 spiro atoms. The third kappa shape index (κ3) is 1.82. The molecule has 3 aromatic rings. The van der Waals surface area contributed by atoms with Crippen LogP contribution in [0.4, 0.5) is 0 Å². The lowest BCUT2D eigenvalue weighted by Gasteiger charge is -1.91. The van der Waals surface area contributed by atoms with Gasteiger partial charge in [0.25, 0.3) is 0 Å². The lowest BCUT2D eigenvalue weighted by molar-refractivity contribution is 0.399. The van der Waals surface area contributed by atoms with Crippen molar-refractivity contribution < 1.29 is 4.52 Å². The molecule has 0 aliphatic rings. The summed E-state index contributed by atoms with van der Waals surface area (Å²) in [6.45, 7) is 1.84. The van der Waals surface area contributed by atoms with Crippen LogP contribution in [-0.2, 0) is 0 Å². The van der Waals surface area contributed by atoms with E-state index in [-0.39, 0.29) is 0 Å². The molecule has 84 valence electrons. The summed E-state index contributed by atoms with van der Waals surface area (Å²) in [6, 6.07) is 11.6. The summed E-state index contributed by atoms with van der Waals surface area (Å²) in [5.74, 6) is 2.01. The molecule has 1 aromatic carbocycles. The Morgan fingerprint density at radius 2 is 2.00 bits per heavy atom. The van der Waals surface area contributed by atoms with Gasteiger partial charge in [-0.3, -0.25) is 5.10 Å². The van der Waals surface area contributed by atoms with Crippen LogP contribution in [0.1, 0.15) is 5.76 Å². The second-order valence-electron chi connectivity index (χ2n) is 3.70. The molecule has 17 heavy (non-hydrogen) atoms. The average molecular weight is 226 g/mol. The predicted molar refractivity (Wildman–Crippen MR) is 62.1 cm³/mol. The summed E-state index contributed by atoms with van der Waals surface area (Å²) in [6.07, 6.45) is 0. The molecule has 0 amide bonds. The molecular weight excluding hydrogens is 216 g/mol. The Labute approximate surface area is 97.5 Å². The lowest BCUT2D eigenvalue weighted by atomic mass is 10.2. The van der Waals surface area contributed by atoms with Gasteiger partial charge in [0.1, 0.15) is 5.76 Å². The van der Waals surface area contributed by atoms with Crippen molar-refractivity contribution in [3.63, 3.8) is 0 Å². The smallest absolute Gasteiger partial charge is 0.181 e. The maximum atomic E-state index is 5.00. The van der Waals surface area contributed by atoms with Gasteiger partial charge in [-0.1, -0.05) is 35.5 Å². The van der Waals surface area contributed by atoms with Crippen molar-refractivity contribution in [3.05, 3.63) is 42.2 Å². The van der Waals surface area contributed by atoms with E-state index in [9.17, 15) is 0 Å². The molecule has 0 saturated heterocycles. The second kappa shape index (κ2) is 3.86. The summed E-state index contributed by atoms with van der Waals surface area (Å²) >= 11 is 0. The van der Waals surface area contributed by atoms with Gasteiger partial charge in [-0.25, -0.2) is 4.98 Å². The fraction of sp³-hybridized carbons (Fsp3) is 0.0833. The molecule has 0 fully saturated rings. The third-order valence-electron chi connectivity index (χ3n) is 2.39. The first-order chi connectivity index (χ1) is 8.33. The van der Waals surface area contributed by atoms with Gasteiger partial charge in [0.2, 0.25) is 0 Å². The van der Waals surface area contributed by atoms with Crippen molar-refractivity contribution in [2.75, 3.05) is 0 Å². The van der Waals surface area contributed by atoms with Crippen LogP contribution in [0.15, 0.2) is 40.9 Å². The van der Waals surface area contributed by atoms with Crippen LogP contribution in [0.2, 0.25) is 0 Å². The Morgan fingerprint density at radius 1 is 1.18 bits per heavy atom. The van der Waals surface area contributed by atoms with E-state index < -0.39 is 0 Å². The van der Waals surface area contributed by atoms with Crippen LogP contribution < -0.4 is 0 Å². The normalized spacial score (nSPS) is 10.6. The summed E-state index contributed by atoms with van der Waals surface area (Å²) in [5.41, 5.74) is 1.63. The first-order valence-electron chi connectivity index (χ1n) is 5.24. The van der Waals surface area contributed by atoms with Gasteiger partial charge >= 0.3 is 0 Å². The van der Waals surface area contributed by atoms with Crippen LogP contribution >= 0.6 is 0 Å². The Morgan fingerprint density at radius 3 is 2.71 bits per heavy atom. The number of benzene rings is 1. The van der Waals surface area contributed by atoms with Crippen LogP contribution in [0.3, 0.4) is 0 Å². The van der Waals surface area contributed by atoms with Crippen LogP contribution in [0.25, 0.3) is 22.9 Å². The second-order valence-corrected chi connectivity index (χ2v) is 3.70. The van der Waals surface area contributed by atoms with Gasteiger partial charge < -0.3 is 4.52 Å². The molecule has 3 rings (SSSR count). The molecule has 2 heterocycles. The Balaban J connectivity index is 1.99. The van der Waals surface area contributed by atoms with Gasteiger partial charge in [0, 0.05) is 11.6 Å². The van der Waals surface area contributed by atoms with Gasteiger partial charge in [0.15, 0.2) is 17.3 Å². The fourth-order valence-corrected chi connectivity index (χ4v) is 1.57. The minimum atomic E-state index is 0.612. The zero-order valence-corrected chi connectivity index (χ0v) is 9.21. The van der Waals surface area contributed by atoms with Crippen molar-refractivity contribution in [3.8, 4) is 22.9 Å². The average Bonchev–Trinajstić information content (AvgIpc) is 2.98. The quantitative estimate of drug-likeness (QED) is 0.728. The zero-order chi connectivity index (χ0) is 11.7. The molecular formula is C12H10N4O. The third-order valence-corrected chi connectivity index (χ3v) is 2.39. The number of nitrogens with one attached hydrogen (secondary N) is 1. The summed E-state index contributed by atoms with van der Waals surface area (Å²) < 4.78 is 5.00. The van der Waals surface area contributed by atoms with Gasteiger partial charge in [-0.15, -0.1) is 0 Å². The SMILES string of the molecule is Cc1cc(-c2nc(-c3ccccc3)n[nH]2)no1. The number of aryl methyl sites for hydroxylation is 1. The fourth-order valence-electron chi connectivity index (χ4n) is 1.57. The largest absolute Gasteiger partial charge is 0.361 e. The molecule has 0 aliphatic heterocycles. The van der Waals surface area contributed by atoms with Crippen LogP contribution in [0.5, 0.6) is 0 Å². The number of aromatic amines is 1. The first-order valence-corrected chi connectivity index (χ1v) is 5.24. The highest BCUT2D eigenvalue weighted by Crippen LogP contribution is 2.19. The van der Waals surface area contributed by atoms with E-state index in [1.54, 1.807) is 0 Å². The van der Waals surface area contributed by atoms with Crippen molar-refractivity contribution in [1.29, 1.82) is 0 Å². The van der Waals surface area contributed by atoms with Gasteiger partial charge in [-0.2, -0.15) is 5.10 Å². The summed E-state index contributed by atoms with van der Waals surface area (Å²) in [7, 11) is 0. The van der Waals surface area contributed by atoms with E-state index >= 15 is 0 Å². The minimum absolute atomic E-state index is 0.612. The Kier molecular flexibility index (Phi) is 2.22. The van der Waals surface area contributed by atoms with Crippen molar-refractivity contribution in [2.45, 2.75) is 6.92 Å². The topological polar surface area (TPSA) is 67.6 Å².